The van der Waals surface area contributed by atoms with Crippen molar-refractivity contribution in [3.63, 3.8) is 0 Å². The Kier molecular flexibility index (Phi) is 6.41. The lowest BCUT2D eigenvalue weighted by Gasteiger charge is -2.42. The molecular weight excluding hydrogens is 382 g/mol. The van der Waals surface area contributed by atoms with Crippen LogP contribution in [-0.2, 0) is 6.54 Å². The van der Waals surface area contributed by atoms with Gasteiger partial charge in [0.2, 0.25) is 0 Å². The number of aliphatic hydroxyl groups is 1. The van der Waals surface area contributed by atoms with Crippen LogP contribution in [-0.4, -0.2) is 57.8 Å². The number of β-amino-alcohol motifs (C(OH)–C–C–N with tert-alkyl or cyclic N) is 1. The second kappa shape index (κ2) is 9.25. The SMILES string of the molecule is CC(C)C1CCC(N2CCC(n3cc(CN4CC[C@@H](O)C4)c4ccccc43)CC2)CC1. The summed E-state index contributed by atoms with van der Waals surface area (Å²) in [5.74, 6) is 1.81. The van der Waals surface area contributed by atoms with E-state index in [1.54, 1.807) is 0 Å². The highest BCUT2D eigenvalue weighted by atomic mass is 16.3. The smallest absolute Gasteiger partial charge is 0.0679 e. The number of hydrogen-bond acceptors (Lipinski definition) is 3. The Morgan fingerprint density at radius 2 is 1.65 bits per heavy atom. The van der Waals surface area contributed by atoms with E-state index in [1.165, 1.54) is 68.1 Å². The maximum absolute atomic E-state index is 9.92. The van der Waals surface area contributed by atoms with Gasteiger partial charge in [-0.05, 0) is 68.4 Å². The van der Waals surface area contributed by atoms with Gasteiger partial charge in [0.25, 0.3) is 0 Å². The summed E-state index contributed by atoms with van der Waals surface area (Å²) in [5.41, 5.74) is 2.83. The zero-order chi connectivity index (χ0) is 21.4. The molecule has 0 bridgehead atoms. The van der Waals surface area contributed by atoms with Gasteiger partial charge in [0.1, 0.15) is 0 Å². The van der Waals surface area contributed by atoms with Crippen molar-refractivity contribution in [1.82, 2.24) is 14.4 Å². The van der Waals surface area contributed by atoms with Crippen LogP contribution in [0.5, 0.6) is 0 Å². The van der Waals surface area contributed by atoms with Crippen molar-refractivity contribution >= 4 is 10.9 Å². The maximum Gasteiger partial charge on any atom is 0.0679 e. The number of fused-ring (bicyclic) bond motifs is 1. The summed E-state index contributed by atoms with van der Waals surface area (Å²) in [4.78, 5) is 5.22. The molecule has 0 radical (unpaired) electrons. The second-order valence-corrected chi connectivity index (χ2v) is 10.8. The number of benzene rings is 1. The topological polar surface area (TPSA) is 31.6 Å². The first kappa shape index (κ1) is 21.5. The molecular formula is C27H41N3O. The van der Waals surface area contributed by atoms with E-state index in [1.807, 2.05) is 0 Å². The highest BCUT2D eigenvalue weighted by Crippen LogP contribution is 2.36. The third-order valence-corrected chi connectivity index (χ3v) is 8.56. The molecule has 1 atom stereocenters. The number of piperidine rings is 1. The number of hydrogen-bond donors (Lipinski definition) is 1. The zero-order valence-electron chi connectivity index (χ0n) is 19.5. The molecule has 0 spiro atoms. The first-order valence-corrected chi connectivity index (χ1v) is 12.8. The van der Waals surface area contributed by atoms with E-state index >= 15 is 0 Å². The Morgan fingerprint density at radius 1 is 0.903 bits per heavy atom. The Hall–Kier alpha value is -1.36. The van der Waals surface area contributed by atoms with E-state index in [0.717, 1.165) is 43.9 Å². The number of aliphatic hydroxyl groups excluding tert-OH is 1. The van der Waals surface area contributed by atoms with Crippen molar-refractivity contribution in [2.75, 3.05) is 26.2 Å². The first-order chi connectivity index (χ1) is 15.1. The predicted octanol–water partition coefficient (Wildman–Crippen LogP) is 5.06. The minimum atomic E-state index is -0.145. The van der Waals surface area contributed by atoms with E-state index in [0.29, 0.717) is 6.04 Å². The normalized spacial score (nSPS) is 29.4. The van der Waals surface area contributed by atoms with Gasteiger partial charge in [-0.2, -0.15) is 0 Å². The molecule has 170 valence electrons. The number of rotatable bonds is 5. The highest BCUT2D eigenvalue weighted by Gasteiger charge is 2.31. The Morgan fingerprint density at radius 3 is 2.32 bits per heavy atom. The van der Waals surface area contributed by atoms with Gasteiger partial charge in [0, 0.05) is 61.9 Å². The third-order valence-electron chi connectivity index (χ3n) is 8.56. The molecule has 1 saturated carbocycles. The maximum atomic E-state index is 9.92. The van der Waals surface area contributed by atoms with Crippen molar-refractivity contribution in [2.45, 2.75) is 83.5 Å². The van der Waals surface area contributed by atoms with Crippen LogP contribution in [0, 0.1) is 11.8 Å². The monoisotopic (exact) mass is 423 g/mol. The van der Waals surface area contributed by atoms with E-state index < -0.39 is 0 Å². The van der Waals surface area contributed by atoms with Gasteiger partial charge < -0.3 is 14.6 Å². The van der Waals surface area contributed by atoms with Crippen LogP contribution in [0.4, 0.5) is 0 Å². The summed E-state index contributed by atoms with van der Waals surface area (Å²) >= 11 is 0. The third kappa shape index (κ3) is 4.58. The van der Waals surface area contributed by atoms with Crippen LogP contribution in [0.15, 0.2) is 30.5 Å². The van der Waals surface area contributed by atoms with E-state index in [9.17, 15) is 5.11 Å². The van der Waals surface area contributed by atoms with Gasteiger partial charge >= 0.3 is 0 Å². The Labute approximate surface area is 188 Å². The summed E-state index contributed by atoms with van der Waals surface area (Å²) in [7, 11) is 0. The molecule has 1 aromatic carbocycles. The molecule has 0 unspecified atom stereocenters. The van der Waals surface area contributed by atoms with Gasteiger partial charge in [-0.25, -0.2) is 0 Å². The fourth-order valence-corrected chi connectivity index (χ4v) is 6.56. The van der Waals surface area contributed by atoms with Gasteiger partial charge in [-0.3, -0.25) is 4.90 Å². The van der Waals surface area contributed by atoms with Gasteiger partial charge in [0.05, 0.1) is 6.10 Å². The minimum absolute atomic E-state index is 0.145. The summed E-state index contributed by atoms with van der Waals surface area (Å²) in [5, 5.41) is 11.3. The van der Waals surface area contributed by atoms with Gasteiger partial charge in [0.15, 0.2) is 0 Å². The van der Waals surface area contributed by atoms with Crippen molar-refractivity contribution in [3.8, 4) is 0 Å². The molecule has 3 aliphatic rings. The van der Waals surface area contributed by atoms with Crippen molar-refractivity contribution in [2.24, 2.45) is 11.8 Å². The number of para-hydroxylation sites is 1. The van der Waals surface area contributed by atoms with Crippen LogP contribution in [0.3, 0.4) is 0 Å². The van der Waals surface area contributed by atoms with E-state index in [2.05, 4.69) is 58.7 Å². The molecule has 4 nitrogen and oxygen atoms in total. The van der Waals surface area contributed by atoms with Crippen LogP contribution >= 0.6 is 0 Å². The Bertz CT molecular complexity index is 858. The molecule has 3 heterocycles. The second-order valence-electron chi connectivity index (χ2n) is 10.8. The fourth-order valence-electron chi connectivity index (χ4n) is 6.56. The molecule has 3 fully saturated rings. The molecule has 5 rings (SSSR count). The Balaban J connectivity index is 1.25. The van der Waals surface area contributed by atoms with E-state index in [-0.39, 0.29) is 6.10 Å². The largest absolute Gasteiger partial charge is 0.392 e. The number of likely N-dealkylation sites (tertiary alicyclic amines) is 2. The van der Waals surface area contributed by atoms with Gasteiger partial charge in [-0.15, -0.1) is 0 Å². The minimum Gasteiger partial charge on any atom is -0.392 e. The fraction of sp³-hybridized carbons (Fsp3) is 0.704. The van der Waals surface area contributed by atoms with Gasteiger partial charge in [-0.1, -0.05) is 32.0 Å². The van der Waals surface area contributed by atoms with Crippen LogP contribution < -0.4 is 0 Å². The molecule has 2 aromatic rings. The van der Waals surface area contributed by atoms with Crippen molar-refractivity contribution in [1.29, 1.82) is 0 Å². The van der Waals surface area contributed by atoms with Crippen LogP contribution in [0.1, 0.15) is 70.4 Å². The van der Waals surface area contributed by atoms with Crippen LogP contribution in [0.2, 0.25) is 0 Å². The highest BCUT2D eigenvalue weighted by molar-refractivity contribution is 5.84. The number of aromatic nitrogens is 1. The molecule has 1 aliphatic carbocycles. The lowest BCUT2D eigenvalue weighted by atomic mass is 9.79. The average Bonchev–Trinajstić information content (AvgIpc) is 3.38. The molecule has 2 saturated heterocycles. The summed E-state index contributed by atoms with van der Waals surface area (Å²) in [6.45, 7) is 10.1. The quantitative estimate of drug-likeness (QED) is 0.729. The standard InChI is InChI=1S/C27H41N3O/c1-20(2)21-7-9-23(10-8-21)29-15-11-24(12-16-29)30-18-22(17-28-14-13-25(31)19-28)26-5-3-4-6-27(26)30/h3-6,18,20-21,23-25,31H,7-17,19H2,1-2H3/t21?,23?,25-/m1/s1. The molecule has 31 heavy (non-hydrogen) atoms. The van der Waals surface area contributed by atoms with Crippen LogP contribution in [0.25, 0.3) is 10.9 Å². The predicted molar refractivity (Wildman–Crippen MR) is 128 cm³/mol. The average molecular weight is 424 g/mol. The summed E-state index contributed by atoms with van der Waals surface area (Å²) in [6, 6.07) is 10.4. The molecule has 1 aromatic heterocycles. The molecule has 4 heteroatoms. The lowest BCUT2D eigenvalue weighted by Crippen LogP contribution is -2.43. The van der Waals surface area contributed by atoms with Crippen molar-refractivity contribution in [3.05, 3.63) is 36.0 Å². The lowest BCUT2D eigenvalue weighted by molar-refractivity contribution is 0.0893. The van der Waals surface area contributed by atoms with Crippen molar-refractivity contribution < 1.29 is 5.11 Å². The molecule has 1 N–H and O–H groups in total. The number of nitrogens with zero attached hydrogens (tertiary/aromatic N) is 3. The molecule has 2 aliphatic heterocycles. The van der Waals surface area contributed by atoms with E-state index in [4.69, 9.17) is 0 Å². The first-order valence-electron chi connectivity index (χ1n) is 12.8. The summed E-state index contributed by atoms with van der Waals surface area (Å²) < 4.78 is 2.59. The summed E-state index contributed by atoms with van der Waals surface area (Å²) in [6.07, 6.45) is 11.4. The molecule has 0 amide bonds. The zero-order valence-corrected chi connectivity index (χ0v) is 19.5.